The van der Waals surface area contributed by atoms with Gasteiger partial charge < -0.3 is 29.0 Å². The van der Waals surface area contributed by atoms with Crippen molar-refractivity contribution in [3.63, 3.8) is 0 Å². The molecule has 2 aromatic heterocycles. The minimum absolute atomic E-state index is 0.0820. The Bertz CT molecular complexity index is 1310. The van der Waals surface area contributed by atoms with Crippen molar-refractivity contribution in [2.24, 2.45) is 0 Å². The van der Waals surface area contributed by atoms with Gasteiger partial charge in [0.05, 0.1) is 35.9 Å². The number of morpholine rings is 1. The highest BCUT2D eigenvalue weighted by molar-refractivity contribution is 6.42. The summed E-state index contributed by atoms with van der Waals surface area (Å²) in [6, 6.07) is 8.82. The number of aromatic nitrogens is 4. The molecule has 0 spiro atoms. The van der Waals surface area contributed by atoms with Crippen molar-refractivity contribution < 1.29 is 18.7 Å². The number of fused-ring (bicyclic) bond motifs is 1. The predicted molar refractivity (Wildman–Crippen MR) is 127 cm³/mol. The molecule has 176 valence electrons. The Morgan fingerprint density at radius 1 is 1.06 bits per heavy atom. The maximum Gasteiger partial charge on any atom is 0.266 e. The standard InChI is InChI=1S/C22H20Cl2N6O4/c1-31-18-9-14-17(25-12-26-21(14)27-13-2-3-15(23)16(24)8-13)10-19(18)33-11-20-28-22(29-34-20)30-4-6-32-7-5-30/h2-3,8-10,12H,4-7,11H2,1H3,(H,25,26,27). The summed E-state index contributed by atoms with van der Waals surface area (Å²) in [5.74, 6) is 2.46. The zero-order valence-corrected chi connectivity index (χ0v) is 19.6. The molecule has 0 radical (unpaired) electrons. The van der Waals surface area contributed by atoms with Crippen LogP contribution in [0.15, 0.2) is 41.2 Å². The zero-order valence-electron chi connectivity index (χ0n) is 18.1. The van der Waals surface area contributed by atoms with E-state index in [0.29, 0.717) is 57.9 Å². The molecule has 34 heavy (non-hydrogen) atoms. The Morgan fingerprint density at radius 3 is 2.71 bits per heavy atom. The van der Waals surface area contributed by atoms with Gasteiger partial charge in [0.2, 0.25) is 0 Å². The molecule has 1 fully saturated rings. The third-order valence-corrected chi connectivity index (χ3v) is 5.94. The second-order valence-corrected chi connectivity index (χ2v) is 8.19. The number of nitrogens with zero attached hydrogens (tertiary/aromatic N) is 5. The lowest BCUT2D eigenvalue weighted by Gasteiger charge is -2.24. The Hall–Kier alpha value is -3.34. The lowest BCUT2D eigenvalue weighted by molar-refractivity contribution is 0.121. The first kappa shape index (κ1) is 22.5. The van der Waals surface area contributed by atoms with E-state index in [1.165, 1.54) is 6.33 Å². The van der Waals surface area contributed by atoms with Crippen molar-refractivity contribution >= 4 is 51.6 Å². The van der Waals surface area contributed by atoms with Crippen LogP contribution in [-0.2, 0) is 11.3 Å². The van der Waals surface area contributed by atoms with E-state index in [-0.39, 0.29) is 6.61 Å². The van der Waals surface area contributed by atoms with Crippen molar-refractivity contribution in [1.29, 1.82) is 0 Å². The topological polar surface area (TPSA) is 108 Å². The molecule has 4 aromatic rings. The average molecular weight is 503 g/mol. The van der Waals surface area contributed by atoms with Crippen molar-refractivity contribution in [3.05, 3.63) is 52.6 Å². The summed E-state index contributed by atoms with van der Waals surface area (Å²) in [6.07, 6.45) is 1.46. The van der Waals surface area contributed by atoms with Crippen molar-refractivity contribution in [3.8, 4) is 11.5 Å². The number of anilines is 3. The molecule has 5 rings (SSSR count). The number of nitrogens with one attached hydrogen (secondary N) is 1. The number of hydrogen-bond acceptors (Lipinski definition) is 10. The number of benzene rings is 2. The Balaban J connectivity index is 1.36. The fourth-order valence-corrected chi connectivity index (χ4v) is 3.78. The normalized spacial score (nSPS) is 13.8. The molecule has 2 aromatic carbocycles. The SMILES string of the molecule is COc1cc2c(Nc3ccc(Cl)c(Cl)c3)ncnc2cc1OCc1nc(N2CCOCC2)no1. The summed E-state index contributed by atoms with van der Waals surface area (Å²) in [4.78, 5) is 15.1. The van der Waals surface area contributed by atoms with E-state index >= 15 is 0 Å². The fraction of sp³-hybridized carbons (Fsp3) is 0.273. The van der Waals surface area contributed by atoms with Crippen LogP contribution in [0, 0.1) is 0 Å². The predicted octanol–water partition coefficient (Wildman–Crippen LogP) is 4.49. The molecular weight excluding hydrogens is 483 g/mol. The van der Waals surface area contributed by atoms with Gasteiger partial charge in [-0.1, -0.05) is 23.2 Å². The van der Waals surface area contributed by atoms with E-state index in [4.69, 9.17) is 41.9 Å². The molecule has 1 aliphatic heterocycles. The van der Waals surface area contributed by atoms with Gasteiger partial charge in [0.25, 0.3) is 11.8 Å². The van der Waals surface area contributed by atoms with Crippen LogP contribution < -0.4 is 19.7 Å². The average Bonchev–Trinajstić information content (AvgIpc) is 3.34. The van der Waals surface area contributed by atoms with Crippen LogP contribution in [0.25, 0.3) is 10.9 Å². The van der Waals surface area contributed by atoms with Crippen molar-refractivity contribution in [1.82, 2.24) is 20.1 Å². The second-order valence-electron chi connectivity index (χ2n) is 7.37. The van der Waals surface area contributed by atoms with E-state index in [2.05, 4.69) is 25.4 Å². The third kappa shape index (κ3) is 4.79. The summed E-state index contributed by atoms with van der Waals surface area (Å²) in [7, 11) is 1.56. The maximum absolute atomic E-state index is 6.13. The summed E-state index contributed by atoms with van der Waals surface area (Å²) < 4.78 is 22.2. The van der Waals surface area contributed by atoms with Crippen LogP contribution in [0.3, 0.4) is 0 Å². The van der Waals surface area contributed by atoms with Crippen LogP contribution >= 0.6 is 23.2 Å². The number of halogens is 2. The van der Waals surface area contributed by atoms with Gasteiger partial charge in [-0.05, 0) is 29.4 Å². The minimum atomic E-state index is 0.0820. The molecule has 0 atom stereocenters. The summed E-state index contributed by atoms with van der Waals surface area (Å²) in [5.41, 5.74) is 1.40. The number of methoxy groups -OCH3 is 1. The molecule has 0 amide bonds. The van der Waals surface area contributed by atoms with E-state index in [9.17, 15) is 0 Å². The molecule has 0 unspecified atom stereocenters. The van der Waals surface area contributed by atoms with Crippen LogP contribution in [0.4, 0.5) is 17.5 Å². The van der Waals surface area contributed by atoms with E-state index < -0.39 is 0 Å². The van der Waals surface area contributed by atoms with Gasteiger partial charge in [0.1, 0.15) is 12.1 Å². The smallest absolute Gasteiger partial charge is 0.266 e. The summed E-state index contributed by atoms with van der Waals surface area (Å²) in [5, 5.41) is 8.93. The first-order chi connectivity index (χ1) is 16.6. The molecule has 10 nitrogen and oxygen atoms in total. The Kier molecular flexibility index (Phi) is 6.52. The first-order valence-electron chi connectivity index (χ1n) is 10.4. The van der Waals surface area contributed by atoms with E-state index in [1.54, 1.807) is 31.4 Å². The molecule has 12 heteroatoms. The molecule has 1 aliphatic rings. The third-order valence-electron chi connectivity index (χ3n) is 5.21. The quantitative estimate of drug-likeness (QED) is 0.388. The lowest BCUT2D eigenvalue weighted by Crippen LogP contribution is -2.36. The van der Waals surface area contributed by atoms with Crippen LogP contribution in [-0.4, -0.2) is 53.5 Å². The van der Waals surface area contributed by atoms with Crippen LogP contribution in [0.2, 0.25) is 10.0 Å². The highest BCUT2D eigenvalue weighted by Crippen LogP contribution is 2.35. The monoisotopic (exact) mass is 502 g/mol. The van der Waals surface area contributed by atoms with Gasteiger partial charge in [0, 0.05) is 30.2 Å². The molecule has 0 bridgehead atoms. The van der Waals surface area contributed by atoms with Gasteiger partial charge in [0.15, 0.2) is 18.1 Å². The maximum atomic E-state index is 6.13. The van der Waals surface area contributed by atoms with Crippen LogP contribution in [0.5, 0.6) is 11.5 Å². The Labute approximate surface area is 204 Å². The molecule has 1 N–H and O–H groups in total. The highest BCUT2D eigenvalue weighted by Gasteiger charge is 2.18. The molecule has 3 heterocycles. The molecular formula is C22H20Cl2N6O4. The lowest BCUT2D eigenvalue weighted by atomic mass is 10.2. The van der Waals surface area contributed by atoms with E-state index in [1.807, 2.05) is 11.0 Å². The molecule has 1 saturated heterocycles. The van der Waals surface area contributed by atoms with Gasteiger partial charge in [-0.3, -0.25) is 0 Å². The van der Waals surface area contributed by atoms with E-state index in [0.717, 1.165) is 24.2 Å². The number of ether oxygens (including phenoxy) is 3. The van der Waals surface area contributed by atoms with Gasteiger partial charge in [-0.25, -0.2) is 9.97 Å². The summed E-state index contributed by atoms with van der Waals surface area (Å²) >= 11 is 12.1. The Morgan fingerprint density at radius 2 is 1.91 bits per heavy atom. The van der Waals surface area contributed by atoms with Crippen LogP contribution in [0.1, 0.15) is 5.89 Å². The van der Waals surface area contributed by atoms with Crippen molar-refractivity contribution in [2.75, 3.05) is 43.6 Å². The minimum Gasteiger partial charge on any atom is -0.493 e. The van der Waals surface area contributed by atoms with Gasteiger partial charge >= 0.3 is 0 Å². The molecule has 0 aliphatic carbocycles. The van der Waals surface area contributed by atoms with Gasteiger partial charge in [-0.15, -0.1) is 0 Å². The fourth-order valence-electron chi connectivity index (χ4n) is 3.48. The van der Waals surface area contributed by atoms with Crippen molar-refractivity contribution in [2.45, 2.75) is 6.61 Å². The number of hydrogen-bond donors (Lipinski definition) is 1. The molecule has 0 saturated carbocycles. The largest absolute Gasteiger partial charge is 0.493 e. The zero-order chi connectivity index (χ0) is 23.5. The first-order valence-corrected chi connectivity index (χ1v) is 11.2. The highest BCUT2D eigenvalue weighted by atomic mass is 35.5. The second kappa shape index (κ2) is 9.88. The van der Waals surface area contributed by atoms with Gasteiger partial charge in [-0.2, -0.15) is 4.98 Å². The number of rotatable bonds is 7. The summed E-state index contributed by atoms with van der Waals surface area (Å²) in [6.45, 7) is 2.79.